The van der Waals surface area contributed by atoms with E-state index >= 15 is 0 Å². The summed E-state index contributed by atoms with van der Waals surface area (Å²) in [5.41, 5.74) is 4.10. The van der Waals surface area contributed by atoms with Gasteiger partial charge in [0.1, 0.15) is 22.0 Å². The third kappa shape index (κ3) is 3.09. The summed E-state index contributed by atoms with van der Waals surface area (Å²) in [4.78, 5) is 9.14. The van der Waals surface area contributed by atoms with Crippen molar-refractivity contribution >= 4 is 21.1 Å². The minimum Gasteiger partial charge on any atom is -0.334 e. The topological polar surface area (TPSA) is 101 Å². The molecule has 0 radical (unpaired) electrons. The lowest BCUT2D eigenvalue weighted by molar-refractivity contribution is 0.324. The molecule has 0 aliphatic heterocycles. The second kappa shape index (κ2) is 6.62. The lowest BCUT2D eigenvalue weighted by Crippen LogP contribution is -2.34. The zero-order valence-corrected chi connectivity index (χ0v) is 17.8. The molecule has 3 aromatic rings. The highest BCUT2D eigenvalue weighted by Gasteiger charge is 2.41. The fourth-order valence-electron chi connectivity index (χ4n) is 4.02. The van der Waals surface area contributed by atoms with E-state index in [0.717, 1.165) is 48.9 Å². The molecule has 2 fully saturated rings. The van der Waals surface area contributed by atoms with Gasteiger partial charge >= 0.3 is 0 Å². The molecule has 1 N–H and O–H groups in total. The van der Waals surface area contributed by atoms with Gasteiger partial charge in [-0.15, -0.1) is 0 Å². The van der Waals surface area contributed by atoms with Crippen molar-refractivity contribution in [3.05, 3.63) is 41.7 Å². The Morgan fingerprint density at radius 3 is 2.57 bits per heavy atom. The summed E-state index contributed by atoms with van der Waals surface area (Å²) < 4.78 is 30.2. The van der Waals surface area contributed by atoms with Crippen LogP contribution in [-0.2, 0) is 10.0 Å². The van der Waals surface area contributed by atoms with Gasteiger partial charge in [-0.25, -0.2) is 13.1 Å². The largest absolute Gasteiger partial charge is 0.334 e. The minimum atomic E-state index is -3.62. The maximum absolute atomic E-state index is 12.6. The molecule has 0 unspecified atom stereocenters. The number of nitriles is 1. The van der Waals surface area contributed by atoms with Crippen molar-refractivity contribution in [3.8, 4) is 17.5 Å². The number of aromatic nitrogens is 3. The first kappa shape index (κ1) is 19.2. The molecule has 3 heterocycles. The summed E-state index contributed by atoms with van der Waals surface area (Å²) in [5.74, 6) is 0. The van der Waals surface area contributed by atoms with Gasteiger partial charge in [0.2, 0.25) is 10.0 Å². The van der Waals surface area contributed by atoms with Crippen molar-refractivity contribution in [1.29, 1.82) is 5.26 Å². The van der Waals surface area contributed by atoms with E-state index in [4.69, 9.17) is 0 Å². The molecule has 30 heavy (non-hydrogen) atoms. The number of nitrogens with zero attached hydrogens (tertiary/aromatic N) is 4. The second-order valence-electron chi connectivity index (χ2n) is 8.72. The summed E-state index contributed by atoms with van der Waals surface area (Å²) in [6.07, 6.45) is 8.08. The maximum atomic E-state index is 12.6. The van der Waals surface area contributed by atoms with Crippen molar-refractivity contribution in [2.24, 2.45) is 0 Å². The summed E-state index contributed by atoms with van der Waals surface area (Å²) in [7, 11) is -3.62. The van der Waals surface area contributed by atoms with Gasteiger partial charge in [0.05, 0.1) is 16.9 Å². The Kier molecular flexibility index (Phi) is 4.24. The van der Waals surface area contributed by atoms with Crippen molar-refractivity contribution < 1.29 is 8.42 Å². The van der Waals surface area contributed by atoms with Crippen LogP contribution < -0.4 is 4.72 Å². The molecule has 8 heteroatoms. The zero-order chi connectivity index (χ0) is 21.1. The van der Waals surface area contributed by atoms with Crippen LogP contribution >= 0.6 is 0 Å². The molecule has 2 aliphatic rings. The number of aryl methyl sites for hydroxylation is 1. The second-order valence-corrected chi connectivity index (χ2v) is 10.4. The highest BCUT2D eigenvalue weighted by Crippen LogP contribution is 2.42. The van der Waals surface area contributed by atoms with Gasteiger partial charge < -0.3 is 4.57 Å². The number of fused-ring (bicyclic) bond motifs is 1. The van der Waals surface area contributed by atoms with Crippen LogP contribution in [0.3, 0.4) is 0 Å². The van der Waals surface area contributed by atoms with E-state index in [-0.39, 0.29) is 10.4 Å². The number of nitrogens with one attached hydrogen (secondary N) is 1. The molecule has 3 aromatic heterocycles. The number of pyridine rings is 2. The standard InChI is InChI=1S/C22H23N5O2S/c1-14-10-19-20(25-12-14)17(11-23)21(27(19)15-4-3-5-15)18-7-6-16(13-24-18)30(28,29)26-22(2)8-9-22/h6-7,10,12-13,15,26H,3-5,8-9H2,1-2H3. The molecule has 0 atom stereocenters. The molecule has 2 aliphatic carbocycles. The van der Waals surface area contributed by atoms with E-state index in [1.807, 2.05) is 13.8 Å². The Balaban J connectivity index is 1.63. The summed E-state index contributed by atoms with van der Waals surface area (Å²) >= 11 is 0. The predicted octanol–water partition coefficient (Wildman–Crippen LogP) is 3.83. The zero-order valence-electron chi connectivity index (χ0n) is 17.0. The molecule has 154 valence electrons. The normalized spacial score (nSPS) is 18.2. The monoisotopic (exact) mass is 421 g/mol. The van der Waals surface area contributed by atoms with Crippen LogP contribution in [0.5, 0.6) is 0 Å². The average Bonchev–Trinajstić information content (AvgIpc) is 3.30. The third-order valence-corrected chi connectivity index (χ3v) is 7.82. The molecular formula is C22H23N5O2S. The molecule has 0 spiro atoms. The molecular weight excluding hydrogens is 398 g/mol. The molecule has 0 saturated heterocycles. The van der Waals surface area contributed by atoms with Crippen molar-refractivity contribution in [2.45, 2.75) is 62.4 Å². The van der Waals surface area contributed by atoms with E-state index < -0.39 is 10.0 Å². The van der Waals surface area contributed by atoms with Crippen LogP contribution in [0.25, 0.3) is 22.4 Å². The maximum Gasteiger partial charge on any atom is 0.242 e. The van der Waals surface area contributed by atoms with E-state index in [1.54, 1.807) is 18.3 Å². The lowest BCUT2D eigenvalue weighted by atomic mass is 9.92. The van der Waals surface area contributed by atoms with Gasteiger partial charge in [-0.3, -0.25) is 9.97 Å². The molecule has 0 amide bonds. The highest BCUT2D eigenvalue weighted by molar-refractivity contribution is 7.89. The van der Waals surface area contributed by atoms with Crippen LogP contribution in [0.2, 0.25) is 0 Å². The summed E-state index contributed by atoms with van der Waals surface area (Å²) in [6, 6.07) is 7.93. The molecule has 0 aromatic carbocycles. The Morgan fingerprint density at radius 2 is 2.00 bits per heavy atom. The van der Waals surface area contributed by atoms with Gasteiger partial charge in [-0.05, 0) is 69.7 Å². The third-order valence-electron chi connectivity index (χ3n) is 6.20. The Morgan fingerprint density at radius 1 is 1.23 bits per heavy atom. The number of sulfonamides is 1. The van der Waals surface area contributed by atoms with Crippen molar-refractivity contribution in [2.75, 3.05) is 0 Å². The quantitative estimate of drug-likeness (QED) is 0.675. The smallest absolute Gasteiger partial charge is 0.242 e. The first-order chi connectivity index (χ1) is 14.3. The summed E-state index contributed by atoms with van der Waals surface area (Å²) in [6.45, 7) is 3.89. The van der Waals surface area contributed by atoms with Crippen LogP contribution in [0.1, 0.15) is 56.2 Å². The van der Waals surface area contributed by atoms with Crippen molar-refractivity contribution in [1.82, 2.24) is 19.3 Å². The fraction of sp³-hybridized carbons (Fsp3) is 0.409. The van der Waals surface area contributed by atoms with Crippen LogP contribution in [0.4, 0.5) is 0 Å². The molecule has 2 saturated carbocycles. The minimum absolute atomic E-state index is 0.137. The Hall–Kier alpha value is -2.76. The Bertz CT molecular complexity index is 1290. The summed E-state index contributed by atoms with van der Waals surface area (Å²) in [5, 5.41) is 9.91. The average molecular weight is 422 g/mol. The van der Waals surface area contributed by atoms with Crippen molar-refractivity contribution in [3.63, 3.8) is 0 Å². The van der Waals surface area contributed by atoms with Crippen LogP contribution in [-0.4, -0.2) is 28.5 Å². The van der Waals surface area contributed by atoms with Gasteiger partial charge in [-0.1, -0.05) is 0 Å². The lowest BCUT2D eigenvalue weighted by Gasteiger charge is -2.30. The van der Waals surface area contributed by atoms with Crippen LogP contribution in [0, 0.1) is 18.3 Å². The first-order valence-corrected chi connectivity index (χ1v) is 11.7. The van der Waals surface area contributed by atoms with Gasteiger partial charge in [0, 0.05) is 24.0 Å². The highest BCUT2D eigenvalue weighted by atomic mass is 32.2. The molecule has 0 bridgehead atoms. The number of hydrogen-bond acceptors (Lipinski definition) is 5. The fourth-order valence-corrected chi connectivity index (χ4v) is 5.43. The molecule has 5 rings (SSSR count). The number of rotatable bonds is 5. The Labute approximate surface area is 175 Å². The molecule has 7 nitrogen and oxygen atoms in total. The van der Waals surface area contributed by atoms with Gasteiger partial charge in [-0.2, -0.15) is 5.26 Å². The van der Waals surface area contributed by atoms with E-state index in [9.17, 15) is 13.7 Å². The van der Waals surface area contributed by atoms with Gasteiger partial charge in [0.15, 0.2) is 0 Å². The van der Waals surface area contributed by atoms with E-state index in [0.29, 0.717) is 22.8 Å². The number of hydrogen-bond donors (Lipinski definition) is 1. The van der Waals surface area contributed by atoms with E-state index in [1.165, 1.54) is 6.20 Å². The van der Waals surface area contributed by atoms with Gasteiger partial charge in [0.25, 0.3) is 0 Å². The predicted molar refractivity (Wildman–Crippen MR) is 113 cm³/mol. The first-order valence-electron chi connectivity index (χ1n) is 10.2. The van der Waals surface area contributed by atoms with Crippen LogP contribution in [0.15, 0.2) is 35.5 Å². The van der Waals surface area contributed by atoms with E-state index in [2.05, 4.69) is 31.4 Å². The SMILES string of the molecule is Cc1cnc2c(C#N)c(-c3ccc(S(=O)(=O)NC4(C)CC4)cn3)n(C3CCC3)c2c1.